The van der Waals surface area contributed by atoms with Gasteiger partial charge in [0.05, 0.1) is 6.04 Å². The van der Waals surface area contributed by atoms with Crippen LogP contribution >= 0.6 is 11.9 Å². The number of nitrogens with two attached hydrogens (primary N) is 1. The molecule has 4 rings (SSSR count). The van der Waals surface area contributed by atoms with E-state index in [1.165, 1.54) is 23.1 Å². The molecule has 2 amide bonds. The van der Waals surface area contributed by atoms with E-state index in [1.807, 2.05) is 42.5 Å². The lowest BCUT2D eigenvalue weighted by Gasteiger charge is -2.26. The van der Waals surface area contributed by atoms with E-state index in [9.17, 15) is 9.59 Å². The Morgan fingerprint density at radius 2 is 1.64 bits per heavy atom. The molecule has 44 heavy (non-hydrogen) atoms. The van der Waals surface area contributed by atoms with Crippen molar-refractivity contribution in [3.8, 4) is 0 Å². The predicted molar refractivity (Wildman–Crippen MR) is 178 cm³/mol. The van der Waals surface area contributed by atoms with Gasteiger partial charge in [0.25, 0.3) is 0 Å². The van der Waals surface area contributed by atoms with Crippen LogP contribution < -0.4 is 26.4 Å². The van der Waals surface area contributed by atoms with Gasteiger partial charge >= 0.3 is 0 Å². The quantitative estimate of drug-likeness (QED) is 0.0763. The minimum Gasteiger partial charge on any atom is -0.384 e. The van der Waals surface area contributed by atoms with Crippen LogP contribution in [-0.2, 0) is 28.3 Å². The summed E-state index contributed by atoms with van der Waals surface area (Å²) >= 11 is 1.52. The molecule has 0 saturated carbocycles. The highest BCUT2D eigenvalue weighted by molar-refractivity contribution is 7.96. The summed E-state index contributed by atoms with van der Waals surface area (Å²) in [5.74, 6) is 0.939. The Kier molecular flexibility index (Phi) is 13.7. The molecule has 1 fully saturated rings. The molecule has 2 aromatic carbocycles. The Morgan fingerprint density at radius 3 is 2.34 bits per heavy atom. The third-order valence-electron chi connectivity index (χ3n) is 8.02. The minimum absolute atomic E-state index is 0.00662. The van der Waals surface area contributed by atoms with Gasteiger partial charge in [0, 0.05) is 30.3 Å². The van der Waals surface area contributed by atoms with E-state index in [2.05, 4.69) is 37.8 Å². The van der Waals surface area contributed by atoms with Crippen LogP contribution in [0.2, 0.25) is 0 Å². The Labute approximate surface area is 265 Å². The molecule has 1 aromatic heterocycles. The summed E-state index contributed by atoms with van der Waals surface area (Å²) in [7, 11) is 0. The lowest BCUT2D eigenvalue weighted by Crippen LogP contribution is -2.52. The summed E-state index contributed by atoms with van der Waals surface area (Å²) in [5.41, 5.74) is 9.48. The molecule has 1 saturated heterocycles. The van der Waals surface area contributed by atoms with Crippen LogP contribution in [0.3, 0.4) is 0 Å². The smallest absolute Gasteiger partial charge is 0.242 e. The molecule has 1 aliphatic heterocycles. The summed E-state index contributed by atoms with van der Waals surface area (Å²) < 4.78 is 3.40. The summed E-state index contributed by atoms with van der Waals surface area (Å²) in [6, 6.07) is 20.3. The SMILES string of the molecule is N=C(N)c1ccc(CNC(=O)[C@H](CCC2CCNCC2)NC(=O)C(CCCc2ccncc2)NSCc2ccccc2)cc1. The van der Waals surface area contributed by atoms with Crippen molar-refractivity contribution in [2.24, 2.45) is 11.7 Å². The number of amides is 2. The molecular weight excluding hydrogens is 570 g/mol. The second-order valence-corrected chi connectivity index (χ2v) is 12.2. The van der Waals surface area contributed by atoms with Gasteiger partial charge in [-0.2, -0.15) is 0 Å². The van der Waals surface area contributed by atoms with Gasteiger partial charge in [-0.25, -0.2) is 0 Å². The second-order valence-electron chi connectivity index (χ2n) is 11.4. The van der Waals surface area contributed by atoms with Crippen molar-refractivity contribution in [3.05, 3.63) is 101 Å². The molecule has 1 aliphatic rings. The van der Waals surface area contributed by atoms with Crippen molar-refractivity contribution < 1.29 is 9.59 Å². The first-order chi connectivity index (χ1) is 21.5. The van der Waals surface area contributed by atoms with Gasteiger partial charge < -0.3 is 21.7 Å². The third kappa shape index (κ3) is 11.4. The number of hydrogen-bond donors (Lipinski definition) is 6. The molecule has 0 spiro atoms. The maximum atomic E-state index is 13.8. The number of nitrogens with one attached hydrogen (secondary N) is 5. The number of hydrogen-bond acceptors (Lipinski definition) is 7. The number of benzene rings is 2. The Balaban J connectivity index is 1.39. The fourth-order valence-electron chi connectivity index (χ4n) is 5.33. The Hall–Kier alpha value is -3.73. The van der Waals surface area contributed by atoms with E-state index < -0.39 is 12.1 Å². The largest absolute Gasteiger partial charge is 0.384 e. The van der Waals surface area contributed by atoms with Crippen molar-refractivity contribution in [3.63, 3.8) is 0 Å². The number of carbonyl (C=O) groups is 2. The number of carbonyl (C=O) groups excluding carboxylic acids is 2. The zero-order valence-electron chi connectivity index (χ0n) is 25.3. The van der Waals surface area contributed by atoms with Crippen molar-refractivity contribution in [1.82, 2.24) is 25.7 Å². The van der Waals surface area contributed by atoms with Gasteiger partial charge in [0.15, 0.2) is 0 Å². The number of aromatic nitrogens is 1. The van der Waals surface area contributed by atoms with Crippen molar-refractivity contribution in [2.75, 3.05) is 13.1 Å². The molecule has 2 heterocycles. The van der Waals surface area contributed by atoms with Gasteiger partial charge in [0.1, 0.15) is 11.9 Å². The van der Waals surface area contributed by atoms with Crippen molar-refractivity contribution in [1.29, 1.82) is 5.41 Å². The lowest BCUT2D eigenvalue weighted by molar-refractivity contribution is -0.130. The van der Waals surface area contributed by atoms with Gasteiger partial charge in [-0.1, -0.05) is 66.5 Å². The van der Waals surface area contributed by atoms with Gasteiger partial charge in [-0.15, -0.1) is 0 Å². The zero-order valence-corrected chi connectivity index (χ0v) is 26.1. The lowest BCUT2D eigenvalue weighted by atomic mass is 9.91. The Bertz CT molecular complexity index is 1260. The highest BCUT2D eigenvalue weighted by atomic mass is 32.2. The number of pyridine rings is 1. The fourth-order valence-corrected chi connectivity index (χ4v) is 6.20. The molecule has 234 valence electrons. The first kappa shape index (κ1) is 33.2. The predicted octanol–water partition coefficient (Wildman–Crippen LogP) is 4.08. The minimum atomic E-state index is -0.627. The normalized spacial score (nSPS) is 14.8. The summed E-state index contributed by atoms with van der Waals surface area (Å²) in [6.07, 6.45) is 9.53. The molecule has 0 radical (unpaired) electrons. The van der Waals surface area contributed by atoms with Gasteiger partial charge in [-0.3, -0.25) is 24.7 Å². The van der Waals surface area contributed by atoms with Crippen LogP contribution in [-0.4, -0.2) is 47.8 Å². The third-order valence-corrected chi connectivity index (χ3v) is 8.95. The van der Waals surface area contributed by atoms with Crippen LogP contribution in [0.5, 0.6) is 0 Å². The number of piperidine rings is 1. The van der Waals surface area contributed by atoms with Crippen molar-refractivity contribution in [2.45, 2.75) is 69.3 Å². The molecule has 9 nitrogen and oxygen atoms in total. The second kappa shape index (κ2) is 18.2. The maximum absolute atomic E-state index is 13.8. The van der Waals surface area contributed by atoms with Gasteiger partial charge in [-0.05, 0) is 92.8 Å². The van der Waals surface area contributed by atoms with E-state index in [4.69, 9.17) is 11.1 Å². The maximum Gasteiger partial charge on any atom is 0.242 e. The number of nitrogens with zero attached hydrogens (tertiary/aromatic N) is 1. The Morgan fingerprint density at radius 1 is 0.909 bits per heavy atom. The summed E-state index contributed by atoms with van der Waals surface area (Å²) in [5, 5.41) is 17.1. The molecule has 10 heteroatoms. The summed E-state index contributed by atoms with van der Waals surface area (Å²) in [4.78, 5) is 31.3. The molecule has 2 atom stereocenters. The van der Waals surface area contributed by atoms with E-state index >= 15 is 0 Å². The fraction of sp³-hybridized carbons (Fsp3) is 0.412. The van der Waals surface area contributed by atoms with Crippen LogP contribution in [0.1, 0.15) is 60.8 Å². The molecule has 7 N–H and O–H groups in total. The first-order valence-electron chi connectivity index (χ1n) is 15.5. The average Bonchev–Trinajstić information content (AvgIpc) is 3.06. The van der Waals surface area contributed by atoms with E-state index in [0.29, 0.717) is 30.9 Å². The number of rotatable bonds is 17. The molecule has 0 bridgehead atoms. The van der Waals surface area contributed by atoms with E-state index in [0.717, 1.165) is 56.5 Å². The van der Waals surface area contributed by atoms with E-state index in [1.54, 1.807) is 24.5 Å². The summed E-state index contributed by atoms with van der Waals surface area (Å²) in [6.45, 7) is 2.32. The van der Waals surface area contributed by atoms with Crippen LogP contribution in [0.25, 0.3) is 0 Å². The molecule has 1 unspecified atom stereocenters. The number of amidine groups is 1. The first-order valence-corrected chi connectivity index (χ1v) is 16.5. The number of nitrogen functional groups attached to an aromatic ring is 1. The zero-order chi connectivity index (χ0) is 31.0. The van der Waals surface area contributed by atoms with Crippen molar-refractivity contribution >= 4 is 29.6 Å². The highest BCUT2D eigenvalue weighted by Crippen LogP contribution is 2.20. The van der Waals surface area contributed by atoms with E-state index in [-0.39, 0.29) is 17.6 Å². The molecular formula is C34H45N7O2S. The average molecular weight is 616 g/mol. The standard InChI is InChI=1S/C34H45N7O2S/c35-32(36)29-12-9-27(10-13-29)23-39-33(42)30(14-11-26-17-21-38-22-18-26)40-34(43)31(8-4-7-25-15-19-37-20-16-25)41-44-24-28-5-2-1-3-6-28/h1-3,5-6,9-10,12-13,15-16,19-20,26,30-31,38,41H,4,7-8,11,14,17-18,21-24H2,(H3,35,36)(H,39,42)(H,40,43)/t30-,31?/m0/s1. The van der Waals surface area contributed by atoms with Crippen LogP contribution in [0, 0.1) is 11.3 Å². The molecule has 0 aliphatic carbocycles. The molecule has 3 aromatic rings. The monoisotopic (exact) mass is 615 g/mol. The van der Waals surface area contributed by atoms with Crippen LogP contribution in [0.4, 0.5) is 0 Å². The topological polar surface area (TPSA) is 145 Å². The van der Waals surface area contributed by atoms with Crippen LogP contribution in [0.15, 0.2) is 79.1 Å². The number of aryl methyl sites for hydroxylation is 1. The highest BCUT2D eigenvalue weighted by Gasteiger charge is 2.27. The van der Waals surface area contributed by atoms with Gasteiger partial charge in [0.2, 0.25) is 11.8 Å².